The van der Waals surface area contributed by atoms with Gasteiger partial charge >= 0.3 is 0 Å². The van der Waals surface area contributed by atoms with E-state index in [0.29, 0.717) is 31.0 Å². The highest BCUT2D eigenvalue weighted by Crippen LogP contribution is 2.31. The molecule has 0 aliphatic carbocycles. The summed E-state index contributed by atoms with van der Waals surface area (Å²) in [5.41, 5.74) is 1.07. The van der Waals surface area contributed by atoms with Crippen molar-refractivity contribution in [1.29, 1.82) is 0 Å². The highest BCUT2D eigenvalue weighted by molar-refractivity contribution is 5.96. The first kappa shape index (κ1) is 20.5. The Kier molecular flexibility index (Phi) is 5.92. The number of aromatic hydroxyl groups is 1. The third-order valence-corrected chi connectivity index (χ3v) is 5.11. The molecule has 3 aromatic rings. The van der Waals surface area contributed by atoms with Gasteiger partial charge in [0.1, 0.15) is 23.4 Å². The minimum atomic E-state index is -0.495. The van der Waals surface area contributed by atoms with Crippen molar-refractivity contribution in [3.05, 3.63) is 77.5 Å². The summed E-state index contributed by atoms with van der Waals surface area (Å²) in [6.07, 6.45) is 6.15. The van der Waals surface area contributed by atoms with Gasteiger partial charge < -0.3 is 19.7 Å². The molecule has 2 aromatic heterocycles. The van der Waals surface area contributed by atoms with E-state index >= 15 is 0 Å². The number of hydrogen-bond donors (Lipinski definition) is 2. The van der Waals surface area contributed by atoms with Gasteiger partial charge in [-0.15, -0.1) is 0 Å². The van der Waals surface area contributed by atoms with Crippen LogP contribution in [0.5, 0.6) is 5.75 Å². The Bertz CT molecular complexity index is 1080. The summed E-state index contributed by atoms with van der Waals surface area (Å²) in [6, 6.07) is 7.15. The van der Waals surface area contributed by atoms with Crippen LogP contribution in [-0.2, 0) is 11.2 Å². The Morgan fingerprint density at radius 1 is 1.23 bits per heavy atom. The molecule has 31 heavy (non-hydrogen) atoms. The first-order valence-corrected chi connectivity index (χ1v) is 9.90. The molecule has 2 N–H and O–H groups in total. The molecule has 1 aromatic carbocycles. The van der Waals surface area contributed by atoms with Crippen molar-refractivity contribution in [2.24, 2.45) is 0 Å². The molecule has 4 rings (SSSR count). The second-order valence-electron chi connectivity index (χ2n) is 7.33. The first-order chi connectivity index (χ1) is 15.0. The lowest BCUT2D eigenvalue weighted by Crippen LogP contribution is -2.40. The lowest BCUT2D eigenvalue weighted by molar-refractivity contribution is -0.131. The Balaban J connectivity index is 1.37. The number of oxazole rings is 1. The van der Waals surface area contributed by atoms with E-state index in [4.69, 9.17) is 4.42 Å². The van der Waals surface area contributed by atoms with E-state index in [1.807, 2.05) is 0 Å². The number of aromatic nitrogens is 2. The van der Waals surface area contributed by atoms with Gasteiger partial charge in [0, 0.05) is 19.2 Å². The SMILES string of the molecule is O=C(NCC(=O)N1CCC[C@H]1c1ncc(Cc2ccc(F)cc2)o1)c1cncc(O)c1. The fourth-order valence-electron chi connectivity index (χ4n) is 3.60. The number of pyridine rings is 1. The van der Waals surface area contributed by atoms with Crippen molar-refractivity contribution < 1.29 is 23.5 Å². The minimum Gasteiger partial charge on any atom is -0.506 e. The summed E-state index contributed by atoms with van der Waals surface area (Å²) < 4.78 is 18.9. The maximum Gasteiger partial charge on any atom is 0.253 e. The predicted molar refractivity (Wildman–Crippen MR) is 108 cm³/mol. The van der Waals surface area contributed by atoms with Gasteiger partial charge in [-0.05, 0) is 36.6 Å². The van der Waals surface area contributed by atoms with Crippen molar-refractivity contribution >= 4 is 11.8 Å². The molecule has 0 saturated carbocycles. The zero-order valence-corrected chi connectivity index (χ0v) is 16.6. The molecule has 1 fully saturated rings. The molecule has 1 aliphatic heterocycles. The molecule has 1 saturated heterocycles. The van der Waals surface area contributed by atoms with E-state index in [1.54, 1.807) is 23.2 Å². The zero-order chi connectivity index (χ0) is 21.8. The van der Waals surface area contributed by atoms with Crippen LogP contribution in [0.2, 0.25) is 0 Å². The van der Waals surface area contributed by atoms with E-state index in [1.165, 1.54) is 30.6 Å². The summed E-state index contributed by atoms with van der Waals surface area (Å²) in [6.45, 7) is 0.358. The topological polar surface area (TPSA) is 109 Å². The number of amides is 2. The molecular formula is C22H21FN4O4. The third-order valence-electron chi connectivity index (χ3n) is 5.11. The van der Waals surface area contributed by atoms with Crippen molar-refractivity contribution in [2.45, 2.75) is 25.3 Å². The normalized spacial score (nSPS) is 15.8. The van der Waals surface area contributed by atoms with E-state index in [2.05, 4.69) is 15.3 Å². The second kappa shape index (κ2) is 8.95. The van der Waals surface area contributed by atoms with Gasteiger partial charge in [-0.1, -0.05) is 12.1 Å². The molecular weight excluding hydrogens is 403 g/mol. The summed E-state index contributed by atoms with van der Waals surface area (Å²) in [4.78, 5) is 34.6. The minimum absolute atomic E-state index is 0.126. The number of nitrogens with one attached hydrogen (secondary N) is 1. The van der Waals surface area contributed by atoms with Gasteiger partial charge in [-0.3, -0.25) is 14.6 Å². The maximum absolute atomic E-state index is 13.1. The quantitative estimate of drug-likeness (QED) is 0.630. The number of rotatable bonds is 6. The molecule has 2 amide bonds. The van der Waals surface area contributed by atoms with E-state index in [-0.39, 0.29) is 35.6 Å². The fourth-order valence-corrected chi connectivity index (χ4v) is 3.60. The van der Waals surface area contributed by atoms with E-state index in [9.17, 15) is 19.1 Å². The lowest BCUT2D eigenvalue weighted by atomic mass is 10.1. The number of halogens is 1. The smallest absolute Gasteiger partial charge is 0.253 e. The van der Waals surface area contributed by atoms with Crippen LogP contribution in [0.3, 0.4) is 0 Å². The zero-order valence-electron chi connectivity index (χ0n) is 16.6. The van der Waals surface area contributed by atoms with E-state index in [0.717, 1.165) is 12.0 Å². The highest BCUT2D eigenvalue weighted by atomic mass is 19.1. The predicted octanol–water partition coefficient (Wildman–Crippen LogP) is 2.60. The molecule has 0 bridgehead atoms. The summed E-state index contributed by atoms with van der Waals surface area (Å²) >= 11 is 0. The molecule has 160 valence electrons. The number of likely N-dealkylation sites (tertiary alicyclic amines) is 1. The molecule has 9 heteroatoms. The first-order valence-electron chi connectivity index (χ1n) is 9.90. The fraction of sp³-hybridized carbons (Fsp3) is 0.273. The highest BCUT2D eigenvalue weighted by Gasteiger charge is 2.33. The average molecular weight is 424 g/mol. The van der Waals surface area contributed by atoms with Crippen LogP contribution >= 0.6 is 0 Å². The monoisotopic (exact) mass is 424 g/mol. The number of carbonyl (C=O) groups is 2. The van der Waals surface area contributed by atoms with Gasteiger partial charge in [-0.25, -0.2) is 9.37 Å². The van der Waals surface area contributed by atoms with Crippen LogP contribution in [0.15, 0.2) is 53.3 Å². The number of carbonyl (C=O) groups excluding carboxylic acids is 2. The Hall–Kier alpha value is -3.75. The van der Waals surface area contributed by atoms with Gasteiger partial charge in [0.25, 0.3) is 5.91 Å². The van der Waals surface area contributed by atoms with Gasteiger partial charge in [0.05, 0.1) is 24.5 Å². The van der Waals surface area contributed by atoms with Crippen LogP contribution in [0.4, 0.5) is 4.39 Å². The van der Waals surface area contributed by atoms with Crippen molar-refractivity contribution in [2.75, 3.05) is 13.1 Å². The second-order valence-corrected chi connectivity index (χ2v) is 7.33. The van der Waals surface area contributed by atoms with E-state index < -0.39 is 5.91 Å². The largest absolute Gasteiger partial charge is 0.506 e. The van der Waals surface area contributed by atoms with Crippen molar-refractivity contribution in [3.8, 4) is 5.75 Å². The van der Waals surface area contributed by atoms with Gasteiger partial charge in [0.2, 0.25) is 11.8 Å². The number of benzene rings is 1. The molecule has 1 aliphatic rings. The molecule has 8 nitrogen and oxygen atoms in total. The average Bonchev–Trinajstić information content (AvgIpc) is 3.43. The molecule has 1 atom stereocenters. The van der Waals surface area contributed by atoms with Crippen LogP contribution in [-0.4, -0.2) is 44.9 Å². The van der Waals surface area contributed by atoms with Crippen LogP contribution in [0.1, 0.15) is 46.5 Å². The third kappa shape index (κ3) is 4.88. The Morgan fingerprint density at radius 3 is 2.81 bits per heavy atom. The summed E-state index contributed by atoms with van der Waals surface area (Å²) in [7, 11) is 0. The number of nitrogens with zero attached hydrogens (tertiary/aromatic N) is 3. The molecule has 3 heterocycles. The molecule has 0 radical (unpaired) electrons. The van der Waals surface area contributed by atoms with Gasteiger partial charge in [-0.2, -0.15) is 0 Å². The van der Waals surface area contributed by atoms with Crippen molar-refractivity contribution in [3.63, 3.8) is 0 Å². The maximum atomic E-state index is 13.1. The van der Waals surface area contributed by atoms with Crippen molar-refractivity contribution in [1.82, 2.24) is 20.2 Å². The van der Waals surface area contributed by atoms with Crippen LogP contribution in [0, 0.1) is 5.82 Å². The number of hydrogen-bond acceptors (Lipinski definition) is 6. The van der Waals surface area contributed by atoms with Gasteiger partial charge in [0.15, 0.2) is 0 Å². The molecule has 0 spiro atoms. The Labute approximate surface area is 177 Å². The summed E-state index contributed by atoms with van der Waals surface area (Å²) in [5.74, 6) is -0.0852. The molecule has 0 unspecified atom stereocenters. The summed E-state index contributed by atoms with van der Waals surface area (Å²) in [5, 5.41) is 12.0. The Morgan fingerprint density at radius 2 is 2.03 bits per heavy atom. The van der Waals surface area contributed by atoms with Crippen LogP contribution < -0.4 is 5.32 Å². The lowest BCUT2D eigenvalue weighted by Gasteiger charge is -2.22. The van der Waals surface area contributed by atoms with Crippen LogP contribution in [0.25, 0.3) is 0 Å². The standard InChI is InChI=1S/C22H21FN4O4/c23-16-5-3-14(4-6-16)8-18-12-26-22(31-18)19-2-1-7-27(19)20(29)13-25-21(30)15-9-17(28)11-24-10-15/h3-6,9-12,19,28H,1-2,7-8,13H2,(H,25,30)/t19-/m0/s1.